The molecule has 1 aromatic carbocycles. The molecule has 0 fully saturated rings. The van der Waals surface area contributed by atoms with Crippen molar-refractivity contribution < 1.29 is 22.3 Å². The summed E-state index contributed by atoms with van der Waals surface area (Å²) >= 11 is 3.04. The molecule has 1 rings (SSSR count). The monoisotopic (exact) mass is 367 g/mol. The number of ether oxygens (including phenoxy) is 1. The third kappa shape index (κ3) is 4.00. The van der Waals surface area contributed by atoms with E-state index in [9.17, 15) is 17.6 Å². The molecule has 1 aromatic rings. The molecule has 1 N–H and O–H groups in total. The van der Waals surface area contributed by atoms with E-state index >= 15 is 0 Å². The van der Waals surface area contributed by atoms with Crippen LogP contribution in [0.15, 0.2) is 27.6 Å². The maximum absolute atomic E-state index is 13.7. The van der Waals surface area contributed by atoms with E-state index in [-0.39, 0.29) is 5.92 Å². The lowest BCUT2D eigenvalue weighted by Gasteiger charge is -2.19. The Labute approximate surface area is 125 Å². The van der Waals surface area contributed by atoms with Gasteiger partial charge in [-0.25, -0.2) is 12.8 Å². The Morgan fingerprint density at radius 1 is 1.40 bits per heavy atom. The quantitative estimate of drug-likeness (QED) is 0.808. The summed E-state index contributed by atoms with van der Waals surface area (Å²) in [7, 11) is -2.99. The van der Waals surface area contributed by atoms with E-state index in [2.05, 4.69) is 25.4 Å². The predicted octanol–water partition coefficient (Wildman–Crippen LogP) is 2.06. The van der Waals surface area contributed by atoms with Gasteiger partial charge in [-0.1, -0.05) is 29.8 Å². The average Bonchev–Trinajstić information content (AvgIpc) is 2.34. The number of methoxy groups -OCH3 is 1. The molecule has 0 radical (unpaired) electrons. The molecule has 0 saturated heterocycles. The molecule has 5 nitrogen and oxygen atoms in total. The summed E-state index contributed by atoms with van der Waals surface area (Å²) in [5.74, 6) is -1.96. The van der Waals surface area contributed by atoms with Crippen LogP contribution in [0.3, 0.4) is 0 Å². The van der Waals surface area contributed by atoms with Crippen LogP contribution in [-0.4, -0.2) is 27.5 Å². The molecule has 20 heavy (non-hydrogen) atoms. The molecule has 112 valence electrons. The van der Waals surface area contributed by atoms with Gasteiger partial charge in [0, 0.05) is 4.47 Å². The first-order chi connectivity index (χ1) is 9.19. The lowest BCUT2D eigenvalue weighted by atomic mass is 10.1. The molecule has 0 aromatic heterocycles. The summed E-state index contributed by atoms with van der Waals surface area (Å²) < 4.78 is 45.1. The van der Waals surface area contributed by atoms with Crippen molar-refractivity contribution in [2.24, 2.45) is 5.92 Å². The minimum Gasteiger partial charge on any atom is -0.468 e. The zero-order valence-electron chi connectivity index (χ0n) is 11.2. The van der Waals surface area contributed by atoms with Gasteiger partial charge in [-0.15, -0.1) is 0 Å². The SMILES string of the molecule is COC(=O)[C@@H](NS(=O)(=O)c1ccc(Br)cc1F)C(C)C. The molecule has 0 bridgehead atoms. The number of benzene rings is 1. The van der Waals surface area contributed by atoms with Crippen LogP contribution in [0.2, 0.25) is 0 Å². The van der Waals surface area contributed by atoms with Gasteiger partial charge in [0.2, 0.25) is 10.0 Å². The number of esters is 1. The molecule has 0 amide bonds. The van der Waals surface area contributed by atoms with Crippen molar-refractivity contribution in [3.8, 4) is 0 Å². The molecule has 0 aliphatic rings. The largest absolute Gasteiger partial charge is 0.468 e. The van der Waals surface area contributed by atoms with Crippen LogP contribution in [0.5, 0.6) is 0 Å². The van der Waals surface area contributed by atoms with Gasteiger partial charge in [-0.2, -0.15) is 4.72 Å². The van der Waals surface area contributed by atoms with Gasteiger partial charge in [0.1, 0.15) is 16.8 Å². The number of halogens is 2. The van der Waals surface area contributed by atoms with E-state index in [0.717, 1.165) is 19.2 Å². The summed E-state index contributed by atoms with van der Waals surface area (Å²) in [5.41, 5.74) is 0. The summed E-state index contributed by atoms with van der Waals surface area (Å²) in [6, 6.07) is 2.49. The highest BCUT2D eigenvalue weighted by atomic mass is 79.9. The summed E-state index contributed by atoms with van der Waals surface area (Å²) in [6.07, 6.45) is 0. The van der Waals surface area contributed by atoms with Crippen LogP contribution in [0.1, 0.15) is 13.8 Å². The van der Waals surface area contributed by atoms with Crippen molar-refractivity contribution in [3.05, 3.63) is 28.5 Å². The fourth-order valence-electron chi connectivity index (χ4n) is 1.51. The highest BCUT2D eigenvalue weighted by Crippen LogP contribution is 2.20. The Morgan fingerprint density at radius 2 is 2.00 bits per heavy atom. The lowest BCUT2D eigenvalue weighted by molar-refractivity contribution is -0.143. The maximum atomic E-state index is 13.7. The number of hydrogen-bond donors (Lipinski definition) is 1. The molecule has 0 unspecified atom stereocenters. The zero-order chi connectivity index (χ0) is 15.5. The van der Waals surface area contributed by atoms with Crippen LogP contribution >= 0.6 is 15.9 Å². The van der Waals surface area contributed by atoms with Gasteiger partial charge in [-0.3, -0.25) is 4.79 Å². The number of sulfonamides is 1. The second-order valence-corrected chi connectivity index (χ2v) is 7.04. The maximum Gasteiger partial charge on any atom is 0.324 e. The molecule has 0 aliphatic carbocycles. The summed E-state index contributed by atoms with van der Waals surface area (Å²) in [5, 5.41) is 0. The van der Waals surface area contributed by atoms with Crippen molar-refractivity contribution in [1.82, 2.24) is 4.72 Å². The fraction of sp³-hybridized carbons (Fsp3) is 0.417. The highest BCUT2D eigenvalue weighted by molar-refractivity contribution is 9.10. The van der Waals surface area contributed by atoms with E-state index in [1.165, 1.54) is 6.07 Å². The van der Waals surface area contributed by atoms with Crippen LogP contribution < -0.4 is 4.72 Å². The Bertz CT molecular complexity index is 603. The van der Waals surface area contributed by atoms with E-state index in [0.29, 0.717) is 4.47 Å². The van der Waals surface area contributed by atoms with Crippen molar-refractivity contribution >= 4 is 31.9 Å². The molecule has 1 atom stereocenters. The van der Waals surface area contributed by atoms with Crippen molar-refractivity contribution in [2.45, 2.75) is 24.8 Å². The van der Waals surface area contributed by atoms with Gasteiger partial charge in [0.05, 0.1) is 7.11 Å². The lowest BCUT2D eigenvalue weighted by Crippen LogP contribution is -2.45. The summed E-state index contributed by atoms with van der Waals surface area (Å²) in [4.78, 5) is 11.0. The first-order valence-corrected chi connectivity index (χ1v) is 8.02. The minimum atomic E-state index is -4.15. The number of carbonyl (C=O) groups excluding carboxylic acids is 1. The Hall–Kier alpha value is -0.990. The standard InChI is InChI=1S/C12H15BrFNO4S/c1-7(2)11(12(16)19-3)15-20(17,18)10-5-4-8(13)6-9(10)14/h4-7,11,15H,1-3H3/t11-/m0/s1. The third-order valence-electron chi connectivity index (χ3n) is 2.59. The average molecular weight is 368 g/mol. The van der Waals surface area contributed by atoms with Crippen molar-refractivity contribution in [3.63, 3.8) is 0 Å². The van der Waals surface area contributed by atoms with Gasteiger partial charge in [-0.05, 0) is 24.1 Å². The Balaban J connectivity index is 3.13. The van der Waals surface area contributed by atoms with E-state index in [1.54, 1.807) is 13.8 Å². The van der Waals surface area contributed by atoms with Gasteiger partial charge >= 0.3 is 5.97 Å². The van der Waals surface area contributed by atoms with Gasteiger partial charge in [0.15, 0.2) is 0 Å². The Kier molecular flexibility index (Phi) is 5.67. The first-order valence-electron chi connectivity index (χ1n) is 5.74. The predicted molar refractivity (Wildman–Crippen MR) is 75.1 cm³/mol. The van der Waals surface area contributed by atoms with E-state index in [4.69, 9.17) is 0 Å². The molecular formula is C12H15BrFNO4S. The molecule has 0 saturated carbocycles. The topological polar surface area (TPSA) is 72.5 Å². The number of rotatable bonds is 5. The Morgan fingerprint density at radius 3 is 2.45 bits per heavy atom. The number of hydrogen-bond acceptors (Lipinski definition) is 4. The molecule has 0 aliphatic heterocycles. The molecule has 8 heteroatoms. The molecule has 0 heterocycles. The summed E-state index contributed by atoms with van der Waals surface area (Å²) in [6.45, 7) is 3.31. The first kappa shape index (κ1) is 17.1. The van der Waals surface area contributed by atoms with E-state index in [1.807, 2.05) is 0 Å². The highest BCUT2D eigenvalue weighted by Gasteiger charge is 2.30. The van der Waals surface area contributed by atoms with Crippen molar-refractivity contribution in [1.29, 1.82) is 0 Å². The van der Waals surface area contributed by atoms with Crippen LogP contribution in [-0.2, 0) is 19.6 Å². The second-order valence-electron chi connectivity index (χ2n) is 4.44. The smallest absolute Gasteiger partial charge is 0.324 e. The van der Waals surface area contributed by atoms with Gasteiger partial charge in [0.25, 0.3) is 0 Å². The second kappa shape index (κ2) is 6.64. The van der Waals surface area contributed by atoms with Crippen LogP contribution in [0.4, 0.5) is 4.39 Å². The fourth-order valence-corrected chi connectivity index (χ4v) is 3.23. The normalized spacial score (nSPS) is 13.3. The zero-order valence-corrected chi connectivity index (χ0v) is 13.6. The number of nitrogens with one attached hydrogen (secondary N) is 1. The van der Waals surface area contributed by atoms with Crippen molar-refractivity contribution in [2.75, 3.05) is 7.11 Å². The minimum absolute atomic E-state index is 0.337. The van der Waals surface area contributed by atoms with E-state index < -0.39 is 32.7 Å². The van der Waals surface area contributed by atoms with Gasteiger partial charge < -0.3 is 4.74 Å². The number of carbonyl (C=O) groups is 1. The van der Waals surface area contributed by atoms with Crippen LogP contribution in [0, 0.1) is 11.7 Å². The molecular weight excluding hydrogens is 353 g/mol. The molecule has 0 spiro atoms. The third-order valence-corrected chi connectivity index (χ3v) is 4.55. The van der Waals surface area contributed by atoms with Crippen LogP contribution in [0.25, 0.3) is 0 Å².